The van der Waals surface area contributed by atoms with E-state index in [1.54, 1.807) is 12.3 Å². The minimum Gasteiger partial charge on any atom is -0.382 e. The third-order valence-electron chi connectivity index (χ3n) is 2.54. The standard InChI is InChI=1S/C14H15FN2/c1-11-5-6-13(15)14(10-11)17-9-7-12-4-2-3-8-16-12/h2-6,8,10,17H,7,9H2,1H3. The molecule has 2 aromatic rings. The number of benzene rings is 1. The minimum atomic E-state index is -0.211. The zero-order chi connectivity index (χ0) is 12.1. The van der Waals surface area contributed by atoms with Gasteiger partial charge in [0.25, 0.3) is 0 Å². The summed E-state index contributed by atoms with van der Waals surface area (Å²) in [6.07, 6.45) is 2.55. The molecule has 1 N–H and O–H groups in total. The van der Waals surface area contributed by atoms with Gasteiger partial charge in [-0.1, -0.05) is 12.1 Å². The summed E-state index contributed by atoms with van der Waals surface area (Å²) >= 11 is 0. The Morgan fingerprint density at radius 3 is 2.88 bits per heavy atom. The van der Waals surface area contributed by atoms with Crippen LogP contribution in [0.1, 0.15) is 11.3 Å². The molecule has 1 aromatic heterocycles. The van der Waals surface area contributed by atoms with Crippen LogP contribution >= 0.6 is 0 Å². The molecule has 0 spiro atoms. The Bertz CT molecular complexity index is 483. The Kier molecular flexibility index (Phi) is 3.70. The first kappa shape index (κ1) is 11.6. The van der Waals surface area contributed by atoms with E-state index in [9.17, 15) is 4.39 Å². The number of nitrogens with zero attached hydrogens (tertiary/aromatic N) is 1. The summed E-state index contributed by atoms with van der Waals surface area (Å²) in [5.41, 5.74) is 2.61. The Morgan fingerprint density at radius 2 is 2.12 bits per heavy atom. The van der Waals surface area contributed by atoms with Crippen LogP contribution in [0.15, 0.2) is 42.6 Å². The molecule has 1 heterocycles. The van der Waals surface area contributed by atoms with Crippen molar-refractivity contribution in [2.75, 3.05) is 11.9 Å². The maximum Gasteiger partial charge on any atom is 0.146 e. The van der Waals surface area contributed by atoms with Gasteiger partial charge >= 0.3 is 0 Å². The van der Waals surface area contributed by atoms with Crippen molar-refractivity contribution in [3.05, 3.63) is 59.7 Å². The lowest BCUT2D eigenvalue weighted by Gasteiger charge is -2.08. The average Bonchev–Trinajstić information content (AvgIpc) is 2.35. The molecule has 2 nitrogen and oxygen atoms in total. The number of nitrogens with one attached hydrogen (secondary N) is 1. The van der Waals surface area contributed by atoms with E-state index in [0.717, 1.165) is 17.7 Å². The second-order valence-electron chi connectivity index (χ2n) is 3.98. The lowest BCUT2D eigenvalue weighted by molar-refractivity contribution is 0.629. The van der Waals surface area contributed by atoms with Crippen LogP contribution in [0.4, 0.5) is 10.1 Å². The molecule has 1 aromatic carbocycles. The molecule has 0 amide bonds. The van der Waals surface area contributed by atoms with Crippen molar-refractivity contribution < 1.29 is 4.39 Å². The fraction of sp³-hybridized carbons (Fsp3) is 0.214. The molecule has 0 aliphatic heterocycles. The molecule has 0 unspecified atom stereocenters. The molecule has 0 fully saturated rings. The highest BCUT2D eigenvalue weighted by Gasteiger charge is 2.01. The zero-order valence-electron chi connectivity index (χ0n) is 9.78. The normalized spacial score (nSPS) is 10.2. The fourth-order valence-electron chi connectivity index (χ4n) is 1.65. The minimum absolute atomic E-state index is 0.211. The summed E-state index contributed by atoms with van der Waals surface area (Å²) in [6, 6.07) is 10.9. The van der Waals surface area contributed by atoms with Crippen molar-refractivity contribution in [2.45, 2.75) is 13.3 Å². The van der Waals surface area contributed by atoms with Gasteiger partial charge in [0.05, 0.1) is 5.69 Å². The lowest BCUT2D eigenvalue weighted by atomic mass is 10.2. The first-order valence-corrected chi connectivity index (χ1v) is 5.65. The number of anilines is 1. The van der Waals surface area contributed by atoms with Gasteiger partial charge in [-0.3, -0.25) is 4.98 Å². The highest BCUT2D eigenvalue weighted by atomic mass is 19.1. The van der Waals surface area contributed by atoms with Crippen molar-refractivity contribution in [3.8, 4) is 0 Å². The Morgan fingerprint density at radius 1 is 1.24 bits per heavy atom. The zero-order valence-corrected chi connectivity index (χ0v) is 9.78. The first-order chi connectivity index (χ1) is 8.25. The summed E-state index contributed by atoms with van der Waals surface area (Å²) in [6.45, 7) is 2.63. The molecular formula is C14H15FN2. The van der Waals surface area contributed by atoms with Crippen LogP contribution in [0.25, 0.3) is 0 Å². The molecule has 0 aliphatic carbocycles. The molecule has 3 heteroatoms. The van der Waals surface area contributed by atoms with Crippen molar-refractivity contribution >= 4 is 5.69 Å². The highest BCUT2D eigenvalue weighted by molar-refractivity contribution is 5.47. The van der Waals surface area contributed by atoms with Crippen LogP contribution in [0.5, 0.6) is 0 Å². The molecule has 88 valence electrons. The van der Waals surface area contributed by atoms with Crippen LogP contribution in [0.3, 0.4) is 0 Å². The number of aromatic nitrogens is 1. The molecular weight excluding hydrogens is 215 g/mol. The summed E-state index contributed by atoms with van der Waals surface area (Å²) in [4.78, 5) is 4.22. The number of aryl methyl sites for hydroxylation is 1. The van der Waals surface area contributed by atoms with Gasteiger partial charge in [-0.25, -0.2) is 4.39 Å². The van der Waals surface area contributed by atoms with Crippen LogP contribution in [0, 0.1) is 12.7 Å². The Balaban J connectivity index is 1.92. The van der Waals surface area contributed by atoms with Gasteiger partial charge < -0.3 is 5.32 Å². The van der Waals surface area contributed by atoms with Gasteiger partial charge in [-0.05, 0) is 36.8 Å². The van der Waals surface area contributed by atoms with Crippen LogP contribution in [-0.4, -0.2) is 11.5 Å². The van der Waals surface area contributed by atoms with Gasteiger partial charge in [0.15, 0.2) is 0 Å². The first-order valence-electron chi connectivity index (χ1n) is 5.65. The van der Waals surface area contributed by atoms with Crippen molar-refractivity contribution in [1.82, 2.24) is 4.98 Å². The molecule has 17 heavy (non-hydrogen) atoms. The molecule has 2 rings (SSSR count). The summed E-state index contributed by atoms with van der Waals surface area (Å²) in [5, 5.41) is 3.09. The largest absolute Gasteiger partial charge is 0.382 e. The lowest BCUT2D eigenvalue weighted by Crippen LogP contribution is -2.07. The Hall–Kier alpha value is -1.90. The van der Waals surface area contributed by atoms with E-state index in [1.807, 2.05) is 31.2 Å². The van der Waals surface area contributed by atoms with Gasteiger partial charge in [0.2, 0.25) is 0 Å². The van der Waals surface area contributed by atoms with E-state index in [-0.39, 0.29) is 5.82 Å². The number of hydrogen-bond acceptors (Lipinski definition) is 2. The van der Waals surface area contributed by atoms with E-state index in [1.165, 1.54) is 6.07 Å². The van der Waals surface area contributed by atoms with Crippen molar-refractivity contribution in [1.29, 1.82) is 0 Å². The van der Waals surface area contributed by atoms with Crippen molar-refractivity contribution in [3.63, 3.8) is 0 Å². The highest BCUT2D eigenvalue weighted by Crippen LogP contribution is 2.15. The molecule has 0 saturated carbocycles. The topological polar surface area (TPSA) is 24.9 Å². The average molecular weight is 230 g/mol. The van der Waals surface area contributed by atoms with Crippen LogP contribution in [0.2, 0.25) is 0 Å². The van der Waals surface area contributed by atoms with Gasteiger partial charge in [0, 0.05) is 24.9 Å². The molecule has 0 radical (unpaired) electrons. The number of halogens is 1. The third kappa shape index (κ3) is 3.28. The number of rotatable bonds is 4. The SMILES string of the molecule is Cc1ccc(F)c(NCCc2ccccn2)c1. The van der Waals surface area contributed by atoms with E-state index in [0.29, 0.717) is 12.2 Å². The third-order valence-corrected chi connectivity index (χ3v) is 2.54. The van der Waals surface area contributed by atoms with Gasteiger partial charge in [0.1, 0.15) is 5.82 Å². The van der Waals surface area contributed by atoms with Crippen LogP contribution < -0.4 is 5.32 Å². The molecule has 0 bridgehead atoms. The van der Waals surface area contributed by atoms with Gasteiger partial charge in [-0.15, -0.1) is 0 Å². The maximum absolute atomic E-state index is 13.4. The Labute approximate surface area is 101 Å². The summed E-state index contributed by atoms with van der Waals surface area (Å²) in [5.74, 6) is -0.211. The fourth-order valence-corrected chi connectivity index (χ4v) is 1.65. The monoisotopic (exact) mass is 230 g/mol. The molecule has 0 atom stereocenters. The number of hydrogen-bond donors (Lipinski definition) is 1. The molecule has 0 saturated heterocycles. The van der Waals surface area contributed by atoms with Crippen molar-refractivity contribution in [2.24, 2.45) is 0 Å². The van der Waals surface area contributed by atoms with E-state index in [2.05, 4.69) is 10.3 Å². The summed E-state index contributed by atoms with van der Waals surface area (Å²) in [7, 11) is 0. The summed E-state index contributed by atoms with van der Waals surface area (Å²) < 4.78 is 13.4. The molecule has 0 aliphatic rings. The second kappa shape index (κ2) is 5.43. The van der Waals surface area contributed by atoms with E-state index >= 15 is 0 Å². The van der Waals surface area contributed by atoms with Gasteiger partial charge in [-0.2, -0.15) is 0 Å². The smallest absolute Gasteiger partial charge is 0.146 e. The predicted molar refractivity (Wildman–Crippen MR) is 67.6 cm³/mol. The van der Waals surface area contributed by atoms with Crippen LogP contribution in [-0.2, 0) is 6.42 Å². The quantitative estimate of drug-likeness (QED) is 0.872. The maximum atomic E-state index is 13.4. The number of pyridine rings is 1. The predicted octanol–water partition coefficient (Wildman–Crippen LogP) is 3.18. The second-order valence-corrected chi connectivity index (χ2v) is 3.98. The van der Waals surface area contributed by atoms with E-state index in [4.69, 9.17) is 0 Å². The van der Waals surface area contributed by atoms with E-state index < -0.39 is 0 Å².